The fourth-order valence-electron chi connectivity index (χ4n) is 1.04. The Labute approximate surface area is 96.2 Å². The van der Waals surface area contributed by atoms with Crippen molar-refractivity contribution < 1.29 is 22.5 Å². The summed E-state index contributed by atoms with van der Waals surface area (Å²) in [7, 11) is -4.17. The molecule has 0 fully saturated rings. The van der Waals surface area contributed by atoms with Crippen LogP contribution in [0, 0.1) is 0 Å². The molecule has 1 unspecified atom stereocenters. The minimum Gasteiger partial charge on any atom is -0.461 e. The van der Waals surface area contributed by atoms with Gasteiger partial charge in [-0.15, -0.1) is 0 Å². The van der Waals surface area contributed by atoms with Gasteiger partial charge < -0.3 is 4.74 Å². The Morgan fingerprint density at radius 1 is 1.50 bits per heavy atom. The first-order valence-corrected chi connectivity index (χ1v) is 6.58. The number of rotatable bonds is 7. The molecule has 0 aliphatic heterocycles. The molecule has 0 saturated heterocycles. The third-order valence-corrected chi connectivity index (χ3v) is 3.26. The second-order valence-corrected chi connectivity index (χ2v) is 5.35. The molecule has 0 amide bonds. The molecule has 0 saturated carbocycles. The molecule has 5 nitrogen and oxygen atoms in total. The van der Waals surface area contributed by atoms with Gasteiger partial charge >= 0.3 is 5.97 Å². The first-order chi connectivity index (χ1) is 7.29. The van der Waals surface area contributed by atoms with Crippen molar-refractivity contribution in [1.29, 1.82) is 0 Å². The summed E-state index contributed by atoms with van der Waals surface area (Å²) < 4.78 is 35.5. The Morgan fingerprint density at radius 2 is 2.06 bits per heavy atom. The van der Waals surface area contributed by atoms with Crippen molar-refractivity contribution in [2.45, 2.75) is 38.4 Å². The highest BCUT2D eigenvalue weighted by Gasteiger charge is 2.24. The molecule has 1 atom stereocenters. The van der Waals surface area contributed by atoms with Crippen LogP contribution < -0.4 is 0 Å². The van der Waals surface area contributed by atoms with Gasteiger partial charge in [0.2, 0.25) is 0 Å². The number of hydrogen-bond donors (Lipinski definition) is 1. The molecule has 16 heavy (non-hydrogen) atoms. The van der Waals surface area contributed by atoms with E-state index < -0.39 is 21.3 Å². The summed E-state index contributed by atoms with van der Waals surface area (Å²) in [6, 6.07) is 0. The molecule has 0 aliphatic carbocycles. The highest BCUT2D eigenvalue weighted by molar-refractivity contribution is 7.86. The van der Waals surface area contributed by atoms with Crippen LogP contribution in [0.15, 0.2) is 12.2 Å². The van der Waals surface area contributed by atoms with Crippen molar-refractivity contribution in [2.24, 2.45) is 0 Å². The highest BCUT2D eigenvalue weighted by atomic mass is 32.2. The first kappa shape index (κ1) is 15.1. The van der Waals surface area contributed by atoms with Crippen LogP contribution in [0.1, 0.15) is 33.1 Å². The smallest absolute Gasteiger partial charge is 0.333 e. The monoisotopic (exact) mass is 250 g/mol. The molecular formula is C10H18O5S. The minimum absolute atomic E-state index is 0.199. The molecule has 0 rings (SSSR count). The van der Waals surface area contributed by atoms with Crippen molar-refractivity contribution in [3.8, 4) is 0 Å². The fourth-order valence-corrected chi connectivity index (χ4v) is 1.75. The van der Waals surface area contributed by atoms with Crippen LogP contribution in [-0.4, -0.2) is 30.8 Å². The van der Waals surface area contributed by atoms with Crippen molar-refractivity contribution in [1.82, 2.24) is 0 Å². The number of hydrogen-bond acceptors (Lipinski definition) is 4. The molecule has 0 aromatic carbocycles. The molecule has 0 bridgehead atoms. The van der Waals surface area contributed by atoms with Gasteiger partial charge in [-0.1, -0.05) is 26.3 Å². The first-order valence-electron chi connectivity index (χ1n) is 5.08. The molecule has 0 radical (unpaired) electrons. The maximum absolute atomic E-state index is 11.0. The van der Waals surface area contributed by atoms with Crippen molar-refractivity contribution in [2.75, 3.05) is 6.61 Å². The summed E-state index contributed by atoms with van der Waals surface area (Å²) >= 11 is 0. The summed E-state index contributed by atoms with van der Waals surface area (Å²) in [5.74, 6) is -0.648. The third-order valence-electron chi connectivity index (χ3n) is 2.05. The number of carbonyl (C=O) groups excluding carboxylic acids is 1. The maximum atomic E-state index is 11.0. The van der Waals surface area contributed by atoms with E-state index in [4.69, 9.17) is 9.29 Å². The Morgan fingerprint density at radius 3 is 2.44 bits per heavy atom. The lowest BCUT2D eigenvalue weighted by Gasteiger charge is -2.13. The highest BCUT2D eigenvalue weighted by Crippen LogP contribution is 2.10. The van der Waals surface area contributed by atoms with E-state index in [1.54, 1.807) is 0 Å². The Kier molecular flexibility index (Phi) is 6.28. The third kappa shape index (κ3) is 5.87. The average Bonchev–Trinajstić information content (AvgIpc) is 2.15. The molecule has 6 heteroatoms. The van der Waals surface area contributed by atoms with E-state index in [0.29, 0.717) is 6.42 Å². The second-order valence-electron chi connectivity index (χ2n) is 3.66. The molecule has 0 spiro atoms. The largest absolute Gasteiger partial charge is 0.461 e. The summed E-state index contributed by atoms with van der Waals surface area (Å²) in [4.78, 5) is 11.0. The zero-order valence-corrected chi connectivity index (χ0v) is 10.4. The minimum atomic E-state index is -4.17. The van der Waals surface area contributed by atoms with Gasteiger partial charge in [-0.3, -0.25) is 4.55 Å². The van der Waals surface area contributed by atoms with Crippen molar-refractivity contribution in [3.05, 3.63) is 12.2 Å². The molecule has 0 aromatic rings. The lowest BCUT2D eigenvalue weighted by Crippen LogP contribution is -2.27. The Bertz CT molecular complexity index is 344. The van der Waals surface area contributed by atoms with E-state index in [1.807, 2.05) is 6.92 Å². The van der Waals surface area contributed by atoms with Crippen LogP contribution in [0.5, 0.6) is 0 Å². The van der Waals surface area contributed by atoms with Gasteiger partial charge in [0, 0.05) is 5.57 Å². The predicted molar refractivity (Wildman–Crippen MR) is 60.6 cm³/mol. The van der Waals surface area contributed by atoms with Gasteiger partial charge in [0.1, 0.15) is 11.9 Å². The van der Waals surface area contributed by atoms with Gasteiger partial charge in [-0.05, 0) is 13.3 Å². The van der Waals surface area contributed by atoms with Crippen LogP contribution in [0.4, 0.5) is 0 Å². The van der Waals surface area contributed by atoms with Crippen molar-refractivity contribution >= 4 is 16.1 Å². The van der Waals surface area contributed by atoms with Gasteiger partial charge in [-0.2, -0.15) is 8.42 Å². The molecular weight excluding hydrogens is 232 g/mol. The van der Waals surface area contributed by atoms with Gasteiger partial charge in [0.15, 0.2) is 0 Å². The topological polar surface area (TPSA) is 80.7 Å². The Balaban J connectivity index is 4.34. The summed E-state index contributed by atoms with van der Waals surface area (Å²) in [5, 5.41) is -1.05. The van der Waals surface area contributed by atoms with Gasteiger partial charge in [0.05, 0.1) is 0 Å². The normalized spacial score (nSPS) is 13.2. The van der Waals surface area contributed by atoms with Gasteiger partial charge in [0.25, 0.3) is 10.1 Å². The SMILES string of the molecule is C=C(C)C(=O)OCC(CCCC)S(=O)(=O)O. The zero-order chi connectivity index (χ0) is 12.8. The predicted octanol–water partition coefficient (Wildman–Crippen LogP) is 1.55. The number of carbonyl (C=O) groups is 1. The van der Waals surface area contributed by atoms with Crippen LogP contribution in [-0.2, 0) is 19.6 Å². The van der Waals surface area contributed by atoms with Crippen LogP contribution in [0.25, 0.3) is 0 Å². The van der Waals surface area contributed by atoms with E-state index in [-0.39, 0.29) is 18.6 Å². The van der Waals surface area contributed by atoms with E-state index in [9.17, 15) is 13.2 Å². The van der Waals surface area contributed by atoms with Crippen molar-refractivity contribution in [3.63, 3.8) is 0 Å². The lowest BCUT2D eigenvalue weighted by atomic mass is 10.2. The summed E-state index contributed by atoms with van der Waals surface area (Å²) in [5.41, 5.74) is 0.199. The fraction of sp³-hybridized carbons (Fsp3) is 0.700. The zero-order valence-electron chi connectivity index (χ0n) is 9.60. The van der Waals surface area contributed by atoms with Crippen LogP contribution in [0.2, 0.25) is 0 Å². The molecule has 0 aliphatic rings. The number of ether oxygens (including phenoxy) is 1. The molecule has 1 N–H and O–H groups in total. The van der Waals surface area contributed by atoms with E-state index in [1.165, 1.54) is 6.92 Å². The Hall–Kier alpha value is -0.880. The van der Waals surface area contributed by atoms with Crippen LogP contribution >= 0.6 is 0 Å². The molecule has 0 heterocycles. The quantitative estimate of drug-likeness (QED) is 0.421. The maximum Gasteiger partial charge on any atom is 0.333 e. The summed E-state index contributed by atoms with van der Waals surface area (Å²) in [6.07, 6.45) is 1.73. The standard InChI is InChI=1S/C10H18O5S/c1-4-5-6-9(16(12,13)14)7-15-10(11)8(2)3/h9H,2,4-7H2,1,3H3,(H,12,13,14). The van der Waals surface area contributed by atoms with Crippen LogP contribution in [0.3, 0.4) is 0 Å². The lowest BCUT2D eigenvalue weighted by molar-refractivity contribution is -0.138. The number of unbranched alkanes of at least 4 members (excludes halogenated alkanes) is 1. The van der Waals surface area contributed by atoms with E-state index in [2.05, 4.69) is 6.58 Å². The summed E-state index contributed by atoms with van der Waals surface area (Å²) in [6.45, 7) is 6.41. The number of esters is 1. The van der Waals surface area contributed by atoms with E-state index in [0.717, 1.165) is 6.42 Å². The molecule has 94 valence electrons. The average molecular weight is 250 g/mol. The van der Waals surface area contributed by atoms with Gasteiger partial charge in [-0.25, -0.2) is 4.79 Å². The molecule has 0 aromatic heterocycles. The second kappa shape index (κ2) is 6.65. The van der Waals surface area contributed by atoms with E-state index >= 15 is 0 Å².